The van der Waals surface area contributed by atoms with Crippen LogP contribution in [0.2, 0.25) is 0 Å². The van der Waals surface area contributed by atoms with Crippen LogP contribution in [-0.4, -0.2) is 18.4 Å². The van der Waals surface area contributed by atoms with Crippen LogP contribution in [0.5, 0.6) is 0 Å². The van der Waals surface area contributed by atoms with Crippen molar-refractivity contribution in [2.45, 2.75) is 4.90 Å². The van der Waals surface area contributed by atoms with Crippen LogP contribution in [0.25, 0.3) is 0 Å². The molecule has 0 aromatic carbocycles. The lowest BCUT2D eigenvalue weighted by atomic mass is 10.4. The normalized spacial score (nSPS) is 10.8. The van der Waals surface area contributed by atoms with E-state index in [1.54, 1.807) is 6.07 Å². The first-order chi connectivity index (χ1) is 9.42. The number of anilines is 1. The fourth-order valence-electron chi connectivity index (χ4n) is 1.30. The summed E-state index contributed by atoms with van der Waals surface area (Å²) in [5.41, 5.74) is -0.450. The predicted molar refractivity (Wildman–Crippen MR) is 63.9 cm³/mol. The summed E-state index contributed by atoms with van der Waals surface area (Å²) in [5, 5.41) is 8.56. The maximum atomic E-state index is 13.3. The Hall–Kier alpha value is -2.60. The number of hydrogen-bond donors (Lipinski definition) is 1. The van der Waals surface area contributed by atoms with Gasteiger partial charge in [0, 0.05) is 6.20 Å². The molecule has 0 aliphatic heterocycles. The van der Waals surface area contributed by atoms with E-state index in [0.717, 1.165) is 24.4 Å². The first-order valence-corrected chi connectivity index (χ1v) is 6.62. The molecular formula is C11H6F2N4O2S. The van der Waals surface area contributed by atoms with E-state index < -0.39 is 27.6 Å². The highest BCUT2D eigenvalue weighted by Crippen LogP contribution is 2.17. The lowest BCUT2D eigenvalue weighted by Gasteiger charge is -2.07. The quantitative estimate of drug-likeness (QED) is 0.864. The number of hydrogen-bond acceptors (Lipinski definition) is 5. The van der Waals surface area contributed by atoms with Crippen molar-refractivity contribution >= 4 is 15.7 Å². The number of nitrogens with one attached hydrogen (secondary N) is 1. The summed E-state index contributed by atoms with van der Waals surface area (Å²) in [7, 11) is -4.10. The Morgan fingerprint density at radius 2 is 1.95 bits per heavy atom. The van der Waals surface area contributed by atoms with E-state index in [1.807, 2.05) is 4.72 Å². The van der Waals surface area contributed by atoms with Crippen molar-refractivity contribution in [2.75, 3.05) is 4.72 Å². The van der Waals surface area contributed by atoms with Crippen molar-refractivity contribution in [3.05, 3.63) is 48.1 Å². The maximum Gasteiger partial charge on any atom is 0.263 e. The third-order valence-electron chi connectivity index (χ3n) is 2.22. The number of aromatic nitrogens is 2. The summed E-state index contributed by atoms with van der Waals surface area (Å²) >= 11 is 0. The Kier molecular flexibility index (Phi) is 3.58. The molecule has 0 amide bonds. The molecule has 2 rings (SSSR count). The molecule has 0 fully saturated rings. The van der Waals surface area contributed by atoms with Gasteiger partial charge in [-0.25, -0.2) is 13.4 Å². The molecule has 20 heavy (non-hydrogen) atoms. The van der Waals surface area contributed by atoms with E-state index in [0.29, 0.717) is 0 Å². The summed E-state index contributed by atoms with van der Waals surface area (Å²) < 4.78 is 51.6. The minimum absolute atomic E-state index is 0.0404. The molecule has 0 saturated carbocycles. The van der Waals surface area contributed by atoms with Gasteiger partial charge >= 0.3 is 0 Å². The molecular weight excluding hydrogens is 290 g/mol. The Balaban J connectivity index is 2.33. The van der Waals surface area contributed by atoms with Crippen LogP contribution in [0.15, 0.2) is 35.4 Å². The number of sulfonamides is 1. The molecule has 0 aliphatic rings. The third kappa shape index (κ3) is 2.86. The molecule has 0 unspecified atom stereocenters. The molecule has 0 atom stereocenters. The number of halogens is 2. The van der Waals surface area contributed by atoms with Gasteiger partial charge in [0.15, 0.2) is 0 Å². The highest BCUT2D eigenvalue weighted by Gasteiger charge is 2.17. The average molecular weight is 296 g/mol. The van der Waals surface area contributed by atoms with Crippen molar-refractivity contribution in [1.82, 2.24) is 9.97 Å². The molecule has 0 bridgehead atoms. The molecule has 9 heteroatoms. The van der Waals surface area contributed by atoms with Gasteiger partial charge in [0.05, 0.1) is 0 Å². The largest absolute Gasteiger partial charge is 0.275 e. The summed E-state index contributed by atoms with van der Waals surface area (Å²) in [6.45, 7) is 0. The summed E-state index contributed by atoms with van der Waals surface area (Å²) in [6, 6.07) is 5.80. The van der Waals surface area contributed by atoms with Crippen LogP contribution in [-0.2, 0) is 10.0 Å². The zero-order valence-corrected chi connectivity index (χ0v) is 10.5. The second-order valence-corrected chi connectivity index (χ2v) is 5.25. The van der Waals surface area contributed by atoms with Crippen LogP contribution in [0.4, 0.5) is 14.5 Å². The SMILES string of the molecule is N#Cc1ccc(S(=O)(=O)Nc2ccc(F)nc2F)cn1. The summed E-state index contributed by atoms with van der Waals surface area (Å²) in [6.07, 6.45) is 0.954. The minimum Gasteiger partial charge on any atom is -0.275 e. The third-order valence-corrected chi connectivity index (χ3v) is 3.57. The molecule has 6 nitrogen and oxygen atoms in total. The number of pyridine rings is 2. The second kappa shape index (κ2) is 5.18. The minimum atomic E-state index is -4.10. The summed E-state index contributed by atoms with van der Waals surface area (Å²) in [5.74, 6) is -2.35. The first-order valence-electron chi connectivity index (χ1n) is 5.13. The van der Waals surface area contributed by atoms with E-state index in [2.05, 4.69) is 9.97 Å². The van der Waals surface area contributed by atoms with Crippen LogP contribution in [0.3, 0.4) is 0 Å². The van der Waals surface area contributed by atoms with E-state index in [9.17, 15) is 17.2 Å². The van der Waals surface area contributed by atoms with E-state index in [1.165, 1.54) is 6.07 Å². The molecule has 2 aromatic rings. The van der Waals surface area contributed by atoms with E-state index in [-0.39, 0.29) is 10.6 Å². The van der Waals surface area contributed by atoms with Crippen LogP contribution in [0, 0.1) is 23.2 Å². The lowest BCUT2D eigenvalue weighted by Crippen LogP contribution is -2.15. The zero-order chi connectivity index (χ0) is 14.8. The fourth-order valence-corrected chi connectivity index (χ4v) is 2.30. The molecule has 2 aromatic heterocycles. The smallest absolute Gasteiger partial charge is 0.263 e. The van der Waals surface area contributed by atoms with Crippen molar-refractivity contribution in [3.63, 3.8) is 0 Å². The van der Waals surface area contributed by atoms with Gasteiger partial charge in [-0.15, -0.1) is 0 Å². The van der Waals surface area contributed by atoms with Crippen LogP contribution >= 0.6 is 0 Å². The topological polar surface area (TPSA) is 95.7 Å². The second-order valence-electron chi connectivity index (χ2n) is 3.57. The number of rotatable bonds is 3. The van der Waals surface area contributed by atoms with Crippen molar-refractivity contribution in [2.24, 2.45) is 0 Å². The molecule has 2 heterocycles. The van der Waals surface area contributed by atoms with Crippen molar-refractivity contribution in [3.8, 4) is 6.07 Å². The summed E-state index contributed by atoms with van der Waals surface area (Å²) in [4.78, 5) is 6.19. The van der Waals surface area contributed by atoms with Gasteiger partial charge in [0.25, 0.3) is 10.0 Å². The van der Waals surface area contributed by atoms with Crippen LogP contribution in [0.1, 0.15) is 5.69 Å². The maximum absolute atomic E-state index is 13.3. The average Bonchev–Trinajstić information content (AvgIpc) is 2.42. The van der Waals surface area contributed by atoms with Gasteiger partial charge < -0.3 is 0 Å². The molecule has 102 valence electrons. The van der Waals surface area contributed by atoms with Crippen molar-refractivity contribution in [1.29, 1.82) is 5.26 Å². The van der Waals surface area contributed by atoms with Gasteiger partial charge in [-0.05, 0) is 24.3 Å². The fraction of sp³-hybridized carbons (Fsp3) is 0. The number of nitriles is 1. The lowest BCUT2D eigenvalue weighted by molar-refractivity contribution is 0.515. The van der Waals surface area contributed by atoms with Gasteiger partial charge in [0.1, 0.15) is 22.3 Å². The molecule has 0 spiro atoms. The Morgan fingerprint density at radius 1 is 1.20 bits per heavy atom. The van der Waals surface area contributed by atoms with Crippen LogP contribution < -0.4 is 4.72 Å². The Bertz CT molecular complexity index is 785. The van der Waals surface area contributed by atoms with Crippen molar-refractivity contribution < 1.29 is 17.2 Å². The monoisotopic (exact) mass is 296 g/mol. The Labute approximate surface area is 112 Å². The predicted octanol–water partition coefficient (Wildman–Crippen LogP) is 1.43. The highest BCUT2D eigenvalue weighted by atomic mass is 32.2. The van der Waals surface area contributed by atoms with Gasteiger partial charge in [-0.1, -0.05) is 0 Å². The Morgan fingerprint density at radius 3 is 2.50 bits per heavy atom. The number of nitrogens with zero attached hydrogens (tertiary/aromatic N) is 3. The standard InChI is InChI=1S/C11H6F2N4O2S/c12-10-4-3-9(11(13)16-10)17-20(18,19)8-2-1-7(5-14)15-6-8/h1-4,6,17H. The zero-order valence-electron chi connectivity index (χ0n) is 9.71. The molecule has 0 aliphatic carbocycles. The molecule has 0 radical (unpaired) electrons. The van der Waals surface area contributed by atoms with Gasteiger partial charge in [-0.2, -0.15) is 19.0 Å². The van der Waals surface area contributed by atoms with Gasteiger partial charge in [-0.3, -0.25) is 4.72 Å². The van der Waals surface area contributed by atoms with E-state index >= 15 is 0 Å². The van der Waals surface area contributed by atoms with E-state index in [4.69, 9.17) is 5.26 Å². The van der Waals surface area contributed by atoms with Gasteiger partial charge in [0.2, 0.25) is 11.9 Å². The molecule has 0 saturated heterocycles. The first kappa shape index (κ1) is 13.8. The molecule has 1 N–H and O–H groups in total. The highest BCUT2D eigenvalue weighted by molar-refractivity contribution is 7.92.